The summed E-state index contributed by atoms with van der Waals surface area (Å²) in [5, 5.41) is 9.49. The largest absolute Gasteiger partial charge is 0.508 e. The van der Waals surface area contributed by atoms with E-state index in [0.717, 1.165) is 34.6 Å². The highest BCUT2D eigenvalue weighted by Gasteiger charge is 2.23. The zero-order valence-electron chi connectivity index (χ0n) is 11.7. The molecule has 0 amide bonds. The third kappa shape index (κ3) is 2.78. The fourth-order valence-corrected chi connectivity index (χ4v) is 2.33. The van der Waals surface area contributed by atoms with E-state index in [-0.39, 0.29) is 6.10 Å². The Morgan fingerprint density at radius 1 is 1.10 bits per heavy atom. The van der Waals surface area contributed by atoms with Crippen molar-refractivity contribution in [2.45, 2.75) is 20.0 Å². The van der Waals surface area contributed by atoms with Crippen LogP contribution in [-0.4, -0.2) is 24.4 Å². The molecule has 0 saturated carbocycles. The minimum atomic E-state index is 0.273. The normalized spacial score (nSPS) is 17.0. The van der Waals surface area contributed by atoms with E-state index in [4.69, 9.17) is 9.47 Å². The summed E-state index contributed by atoms with van der Waals surface area (Å²) in [7, 11) is 0. The van der Waals surface area contributed by atoms with Gasteiger partial charge in [0.2, 0.25) is 0 Å². The van der Waals surface area contributed by atoms with Crippen molar-refractivity contribution >= 4 is 0 Å². The summed E-state index contributed by atoms with van der Waals surface area (Å²) >= 11 is 0. The van der Waals surface area contributed by atoms with Gasteiger partial charge in [-0.25, -0.2) is 0 Å². The van der Waals surface area contributed by atoms with Crippen molar-refractivity contribution in [3.8, 4) is 22.6 Å². The number of phenolic OH excluding ortho intramolecular Hbond substituents is 1. The average molecular weight is 270 g/mol. The van der Waals surface area contributed by atoms with Crippen LogP contribution in [0.2, 0.25) is 0 Å². The van der Waals surface area contributed by atoms with Gasteiger partial charge in [0.05, 0.1) is 6.61 Å². The zero-order chi connectivity index (χ0) is 14.1. The van der Waals surface area contributed by atoms with Gasteiger partial charge in [0.25, 0.3) is 0 Å². The lowest BCUT2D eigenvalue weighted by Crippen LogP contribution is -2.04. The van der Waals surface area contributed by atoms with Crippen LogP contribution in [0.3, 0.4) is 0 Å². The summed E-state index contributed by atoms with van der Waals surface area (Å²) in [5.74, 6) is 1.17. The quantitative estimate of drug-likeness (QED) is 0.865. The van der Waals surface area contributed by atoms with Crippen LogP contribution in [0.25, 0.3) is 11.1 Å². The lowest BCUT2D eigenvalue weighted by molar-refractivity contribution is 0.263. The Morgan fingerprint density at radius 2 is 1.75 bits per heavy atom. The Balaban J connectivity index is 1.85. The molecule has 104 valence electrons. The van der Waals surface area contributed by atoms with Crippen LogP contribution in [0, 0.1) is 13.8 Å². The van der Waals surface area contributed by atoms with Crippen LogP contribution in [0.15, 0.2) is 36.4 Å². The number of ether oxygens (including phenoxy) is 2. The molecule has 20 heavy (non-hydrogen) atoms. The molecule has 1 unspecified atom stereocenters. The Bertz CT molecular complexity index is 630. The molecule has 1 heterocycles. The first kappa shape index (κ1) is 13.0. The minimum Gasteiger partial charge on any atom is -0.508 e. The molecule has 1 atom stereocenters. The number of aromatic hydroxyl groups is 1. The van der Waals surface area contributed by atoms with Crippen molar-refractivity contribution in [1.29, 1.82) is 0 Å². The van der Waals surface area contributed by atoms with E-state index in [2.05, 4.69) is 13.0 Å². The molecule has 3 rings (SSSR count). The van der Waals surface area contributed by atoms with Crippen LogP contribution in [0.5, 0.6) is 11.5 Å². The second-order valence-electron chi connectivity index (χ2n) is 5.24. The molecule has 0 aromatic heterocycles. The van der Waals surface area contributed by atoms with Gasteiger partial charge in [0.15, 0.2) is 0 Å². The summed E-state index contributed by atoms with van der Waals surface area (Å²) in [6.45, 7) is 5.51. The van der Waals surface area contributed by atoms with Crippen LogP contribution in [0.1, 0.15) is 11.1 Å². The molecule has 0 bridgehead atoms. The van der Waals surface area contributed by atoms with Crippen molar-refractivity contribution in [1.82, 2.24) is 0 Å². The Morgan fingerprint density at radius 3 is 2.35 bits per heavy atom. The lowest BCUT2D eigenvalue weighted by atomic mass is 9.96. The van der Waals surface area contributed by atoms with E-state index >= 15 is 0 Å². The SMILES string of the molecule is Cc1cc(O)ccc1-c1ccc(OCC2CO2)cc1C. The third-order valence-corrected chi connectivity index (χ3v) is 3.54. The number of hydrogen-bond acceptors (Lipinski definition) is 3. The number of rotatable bonds is 4. The summed E-state index contributed by atoms with van der Waals surface area (Å²) in [6, 6.07) is 11.5. The molecule has 0 spiro atoms. The highest BCUT2D eigenvalue weighted by Crippen LogP contribution is 2.31. The number of epoxide rings is 1. The van der Waals surface area contributed by atoms with Gasteiger partial charge < -0.3 is 14.6 Å². The minimum absolute atomic E-state index is 0.273. The van der Waals surface area contributed by atoms with Gasteiger partial charge in [-0.05, 0) is 60.4 Å². The van der Waals surface area contributed by atoms with Gasteiger partial charge in [-0.3, -0.25) is 0 Å². The Kier molecular flexibility index (Phi) is 3.36. The predicted octanol–water partition coefficient (Wildman–Crippen LogP) is 3.45. The molecule has 3 heteroatoms. The maximum Gasteiger partial charge on any atom is 0.119 e. The van der Waals surface area contributed by atoms with E-state index in [0.29, 0.717) is 12.4 Å². The molecule has 1 N–H and O–H groups in total. The maximum atomic E-state index is 9.49. The zero-order valence-corrected chi connectivity index (χ0v) is 11.7. The van der Waals surface area contributed by atoms with Crippen LogP contribution >= 0.6 is 0 Å². The first-order valence-corrected chi connectivity index (χ1v) is 6.78. The van der Waals surface area contributed by atoms with Crippen molar-refractivity contribution in [3.63, 3.8) is 0 Å². The third-order valence-electron chi connectivity index (χ3n) is 3.54. The maximum absolute atomic E-state index is 9.49. The average Bonchev–Trinajstić information content (AvgIpc) is 3.22. The first-order valence-electron chi connectivity index (χ1n) is 6.78. The molecule has 0 radical (unpaired) electrons. The molecule has 2 aromatic rings. The second-order valence-corrected chi connectivity index (χ2v) is 5.24. The van der Waals surface area contributed by atoms with Crippen molar-refractivity contribution in [2.75, 3.05) is 13.2 Å². The van der Waals surface area contributed by atoms with E-state index in [1.807, 2.05) is 25.1 Å². The summed E-state index contributed by atoms with van der Waals surface area (Å²) in [6.07, 6.45) is 0.273. The van der Waals surface area contributed by atoms with Crippen molar-refractivity contribution in [3.05, 3.63) is 47.5 Å². The smallest absolute Gasteiger partial charge is 0.119 e. The van der Waals surface area contributed by atoms with Crippen LogP contribution in [0.4, 0.5) is 0 Å². The molecule has 1 fully saturated rings. The highest BCUT2D eigenvalue weighted by molar-refractivity contribution is 5.71. The van der Waals surface area contributed by atoms with Gasteiger partial charge in [-0.15, -0.1) is 0 Å². The molecule has 2 aromatic carbocycles. The predicted molar refractivity (Wildman–Crippen MR) is 78.3 cm³/mol. The van der Waals surface area contributed by atoms with Crippen molar-refractivity contribution < 1.29 is 14.6 Å². The Hall–Kier alpha value is -2.00. The van der Waals surface area contributed by atoms with E-state index in [1.54, 1.807) is 12.1 Å². The van der Waals surface area contributed by atoms with Crippen molar-refractivity contribution in [2.24, 2.45) is 0 Å². The fourth-order valence-electron chi connectivity index (χ4n) is 2.33. The molecular weight excluding hydrogens is 252 g/mol. The first-order chi connectivity index (χ1) is 9.63. The van der Waals surface area contributed by atoms with Gasteiger partial charge in [-0.2, -0.15) is 0 Å². The standard InChI is InChI=1S/C17H18O3/c1-11-7-13(18)3-5-16(11)17-6-4-14(8-12(17)2)19-9-15-10-20-15/h3-8,15,18H,9-10H2,1-2H3. The number of phenols is 1. The molecule has 1 saturated heterocycles. The summed E-state index contributed by atoms with van der Waals surface area (Å²) in [5.41, 5.74) is 4.52. The van der Waals surface area contributed by atoms with Crippen LogP contribution in [-0.2, 0) is 4.74 Å². The number of hydrogen-bond donors (Lipinski definition) is 1. The molecule has 1 aliphatic heterocycles. The lowest BCUT2D eigenvalue weighted by Gasteiger charge is -2.12. The van der Waals surface area contributed by atoms with Gasteiger partial charge in [-0.1, -0.05) is 12.1 Å². The van der Waals surface area contributed by atoms with Gasteiger partial charge in [0.1, 0.15) is 24.2 Å². The fraction of sp³-hybridized carbons (Fsp3) is 0.294. The summed E-state index contributed by atoms with van der Waals surface area (Å²) in [4.78, 5) is 0. The van der Waals surface area contributed by atoms with Gasteiger partial charge >= 0.3 is 0 Å². The van der Waals surface area contributed by atoms with E-state index in [1.165, 1.54) is 0 Å². The van der Waals surface area contributed by atoms with Gasteiger partial charge in [0, 0.05) is 0 Å². The number of aryl methyl sites for hydroxylation is 2. The molecule has 3 nitrogen and oxygen atoms in total. The van der Waals surface area contributed by atoms with E-state index < -0.39 is 0 Å². The molecule has 1 aliphatic rings. The Labute approximate surface area is 118 Å². The second kappa shape index (κ2) is 5.17. The monoisotopic (exact) mass is 270 g/mol. The molecule has 0 aliphatic carbocycles. The van der Waals surface area contributed by atoms with Crippen LogP contribution < -0.4 is 4.74 Å². The van der Waals surface area contributed by atoms with E-state index in [9.17, 15) is 5.11 Å². The summed E-state index contributed by atoms with van der Waals surface area (Å²) < 4.78 is 10.8. The number of benzene rings is 2. The topological polar surface area (TPSA) is 42.0 Å². The molecular formula is C17H18O3. The highest BCUT2D eigenvalue weighted by atomic mass is 16.6.